The molecule has 0 spiro atoms. The number of carbonyl (C=O) groups excluding carboxylic acids is 1. The quantitative estimate of drug-likeness (QED) is 0.586. The first-order chi connectivity index (χ1) is 7.63. The molecule has 1 aliphatic heterocycles. The molecular formula is C13H13NOS. The van der Waals surface area contributed by atoms with Gasteiger partial charge in [-0.2, -0.15) is 0 Å². The number of hydrogen-bond acceptors (Lipinski definition) is 2. The highest BCUT2D eigenvalue weighted by Crippen LogP contribution is 2.05. The number of carbonyl (C=O) groups is 1. The van der Waals surface area contributed by atoms with Crippen LogP contribution in [0.2, 0.25) is 0 Å². The summed E-state index contributed by atoms with van der Waals surface area (Å²) >= 11 is 5.12. The van der Waals surface area contributed by atoms with E-state index in [0.29, 0.717) is 11.4 Å². The van der Waals surface area contributed by atoms with Gasteiger partial charge in [-0.05, 0) is 37.1 Å². The smallest absolute Gasteiger partial charge is 0.162 e. The summed E-state index contributed by atoms with van der Waals surface area (Å²) in [6.07, 6.45) is 1.47. The van der Waals surface area contributed by atoms with Gasteiger partial charge in [0, 0.05) is 17.2 Å². The lowest BCUT2D eigenvalue weighted by atomic mass is 10.0. The molecule has 0 saturated carbocycles. The van der Waals surface area contributed by atoms with Gasteiger partial charge in [0.15, 0.2) is 5.78 Å². The summed E-state index contributed by atoms with van der Waals surface area (Å²) in [5, 5.41) is 1.89. The lowest BCUT2D eigenvalue weighted by molar-refractivity contribution is 0.0981. The van der Waals surface area contributed by atoms with E-state index in [-0.39, 0.29) is 5.78 Å². The maximum atomic E-state index is 11.8. The number of hydrogen-bond donors (Lipinski definition) is 0. The molecule has 0 radical (unpaired) electrons. The Bertz CT molecular complexity index is 586. The Morgan fingerprint density at radius 3 is 2.88 bits per heavy atom. The first-order valence-electron chi connectivity index (χ1n) is 5.40. The molecule has 16 heavy (non-hydrogen) atoms. The summed E-state index contributed by atoms with van der Waals surface area (Å²) in [4.78, 5) is 16.7. The minimum atomic E-state index is 0.191. The van der Waals surface area contributed by atoms with Crippen LogP contribution < -0.4 is 10.6 Å². The molecule has 0 saturated heterocycles. The molecule has 3 heteroatoms. The van der Waals surface area contributed by atoms with Crippen LogP contribution in [0, 0.1) is 0 Å². The normalized spacial score (nSPS) is 13.6. The van der Waals surface area contributed by atoms with E-state index in [1.54, 1.807) is 0 Å². The second kappa shape index (κ2) is 4.26. The molecule has 0 aliphatic carbocycles. The lowest BCUT2D eigenvalue weighted by Gasteiger charge is -1.98. The number of benzene rings is 1. The Kier molecular flexibility index (Phi) is 2.97. The van der Waals surface area contributed by atoms with E-state index in [1.807, 2.05) is 32.0 Å². The van der Waals surface area contributed by atoms with Gasteiger partial charge < -0.3 is 0 Å². The zero-order chi connectivity index (χ0) is 11.7. The standard InChI is InChI=1S/C13H13NOS/c1-3-4-12(15)9-5-6-11-10(7-9)8(2)13(16)14-11/h5-7H,3-4H2,1-2H3. The topological polar surface area (TPSA) is 29.4 Å². The predicted molar refractivity (Wildman–Crippen MR) is 68.1 cm³/mol. The fraction of sp³-hybridized carbons (Fsp3) is 0.308. The largest absolute Gasteiger partial charge is 0.294 e. The Labute approximate surface area is 99.7 Å². The van der Waals surface area contributed by atoms with Crippen LogP contribution in [-0.2, 0) is 0 Å². The number of thiocarbonyl (C=S) groups is 1. The number of fused-ring (bicyclic) bond motifs is 1. The average molecular weight is 231 g/mol. The highest BCUT2D eigenvalue weighted by Gasteiger charge is 2.10. The van der Waals surface area contributed by atoms with Crippen molar-refractivity contribution in [3.05, 3.63) is 34.3 Å². The molecule has 0 bridgehead atoms. The summed E-state index contributed by atoms with van der Waals surface area (Å²) < 4.78 is 0. The van der Waals surface area contributed by atoms with Crippen LogP contribution in [0.1, 0.15) is 37.0 Å². The van der Waals surface area contributed by atoms with Gasteiger partial charge in [0.1, 0.15) is 4.99 Å². The third kappa shape index (κ3) is 1.83. The minimum absolute atomic E-state index is 0.191. The molecule has 2 rings (SSSR count). The van der Waals surface area contributed by atoms with Crippen molar-refractivity contribution in [1.82, 2.24) is 0 Å². The van der Waals surface area contributed by atoms with Crippen LogP contribution in [0.15, 0.2) is 23.2 Å². The molecule has 0 aromatic heterocycles. The molecule has 1 heterocycles. The summed E-state index contributed by atoms with van der Waals surface area (Å²) in [6, 6.07) is 5.62. The van der Waals surface area contributed by atoms with Crippen molar-refractivity contribution in [1.29, 1.82) is 0 Å². The van der Waals surface area contributed by atoms with Gasteiger partial charge >= 0.3 is 0 Å². The molecule has 1 aromatic rings. The van der Waals surface area contributed by atoms with E-state index >= 15 is 0 Å². The number of ketones is 1. The SMILES string of the molecule is CCCC(=O)c1ccc2c(c1)=C(C)C(=S)N=2. The van der Waals surface area contributed by atoms with Crippen LogP contribution in [0.4, 0.5) is 0 Å². The maximum absolute atomic E-state index is 11.8. The minimum Gasteiger partial charge on any atom is -0.294 e. The van der Waals surface area contributed by atoms with Crippen molar-refractivity contribution in [3.63, 3.8) is 0 Å². The van der Waals surface area contributed by atoms with Crippen molar-refractivity contribution < 1.29 is 4.79 Å². The Morgan fingerprint density at radius 1 is 1.44 bits per heavy atom. The first-order valence-corrected chi connectivity index (χ1v) is 5.81. The van der Waals surface area contributed by atoms with Gasteiger partial charge in [0.2, 0.25) is 0 Å². The van der Waals surface area contributed by atoms with Crippen LogP contribution >= 0.6 is 12.2 Å². The number of nitrogens with zero attached hydrogens (tertiary/aromatic N) is 1. The van der Waals surface area contributed by atoms with Gasteiger partial charge in [-0.15, -0.1) is 0 Å². The highest BCUT2D eigenvalue weighted by molar-refractivity contribution is 7.81. The third-order valence-corrected chi connectivity index (χ3v) is 3.14. The Balaban J connectivity index is 2.55. The van der Waals surface area contributed by atoms with E-state index < -0.39 is 0 Å². The fourth-order valence-corrected chi connectivity index (χ4v) is 2.00. The predicted octanol–water partition coefficient (Wildman–Crippen LogP) is 1.80. The van der Waals surface area contributed by atoms with Gasteiger partial charge in [-0.3, -0.25) is 4.79 Å². The van der Waals surface area contributed by atoms with Crippen LogP contribution in [0.25, 0.3) is 5.57 Å². The molecular weight excluding hydrogens is 218 g/mol. The first kappa shape index (κ1) is 11.1. The maximum Gasteiger partial charge on any atom is 0.162 e. The average Bonchev–Trinajstić information content (AvgIpc) is 2.55. The fourth-order valence-electron chi connectivity index (χ4n) is 1.79. The molecule has 0 atom stereocenters. The van der Waals surface area contributed by atoms with Crippen LogP contribution in [-0.4, -0.2) is 10.8 Å². The Morgan fingerprint density at radius 2 is 2.19 bits per heavy atom. The zero-order valence-corrected chi connectivity index (χ0v) is 10.2. The van der Waals surface area contributed by atoms with Crippen molar-refractivity contribution in [2.75, 3.05) is 0 Å². The molecule has 0 fully saturated rings. The molecule has 82 valence electrons. The molecule has 0 unspecified atom stereocenters. The molecule has 1 aliphatic rings. The Hall–Kier alpha value is -1.35. The molecule has 1 aromatic carbocycles. The van der Waals surface area contributed by atoms with Crippen molar-refractivity contribution in [3.8, 4) is 0 Å². The monoisotopic (exact) mass is 231 g/mol. The second-order valence-electron chi connectivity index (χ2n) is 3.95. The van der Waals surface area contributed by atoms with E-state index in [9.17, 15) is 4.79 Å². The van der Waals surface area contributed by atoms with Crippen molar-refractivity contribution in [2.24, 2.45) is 4.99 Å². The zero-order valence-electron chi connectivity index (χ0n) is 9.41. The van der Waals surface area contributed by atoms with Crippen LogP contribution in [0.5, 0.6) is 0 Å². The van der Waals surface area contributed by atoms with Crippen LogP contribution in [0.3, 0.4) is 0 Å². The lowest BCUT2D eigenvalue weighted by Crippen LogP contribution is -2.24. The van der Waals surface area contributed by atoms with Gasteiger partial charge in [-0.1, -0.05) is 19.1 Å². The van der Waals surface area contributed by atoms with Gasteiger partial charge in [0.05, 0.1) is 5.36 Å². The molecule has 2 nitrogen and oxygen atoms in total. The summed E-state index contributed by atoms with van der Waals surface area (Å²) in [5.41, 5.74) is 1.76. The summed E-state index contributed by atoms with van der Waals surface area (Å²) in [6.45, 7) is 3.96. The number of Topliss-reactive ketones (excluding diaryl/α,β-unsaturated/α-hetero) is 1. The summed E-state index contributed by atoms with van der Waals surface area (Å²) in [7, 11) is 0. The second-order valence-corrected chi connectivity index (χ2v) is 4.33. The number of rotatable bonds is 3. The highest BCUT2D eigenvalue weighted by atomic mass is 32.1. The van der Waals surface area contributed by atoms with Crippen molar-refractivity contribution >= 4 is 28.6 Å². The van der Waals surface area contributed by atoms with E-state index in [2.05, 4.69) is 4.99 Å². The third-order valence-electron chi connectivity index (χ3n) is 2.74. The van der Waals surface area contributed by atoms with E-state index in [0.717, 1.165) is 28.1 Å². The van der Waals surface area contributed by atoms with Gasteiger partial charge in [-0.25, -0.2) is 4.99 Å². The van der Waals surface area contributed by atoms with Crippen molar-refractivity contribution in [2.45, 2.75) is 26.7 Å². The molecule has 0 N–H and O–H groups in total. The molecule has 0 amide bonds. The van der Waals surface area contributed by atoms with Gasteiger partial charge in [0.25, 0.3) is 0 Å². The van der Waals surface area contributed by atoms with E-state index in [1.165, 1.54) is 0 Å². The van der Waals surface area contributed by atoms with E-state index in [4.69, 9.17) is 12.2 Å². The summed E-state index contributed by atoms with van der Waals surface area (Å²) in [5.74, 6) is 0.191.